The number of hydrogen-bond acceptors (Lipinski definition) is 4. The van der Waals surface area contributed by atoms with E-state index >= 15 is 0 Å². The number of nitrogens with zero attached hydrogens (tertiary/aromatic N) is 2. The first-order chi connectivity index (χ1) is 12.8. The fourth-order valence-corrected chi connectivity index (χ4v) is 4.59. The number of piperazine rings is 1. The third-order valence-corrected chi connectivity index (χ3v) is 6.88. The fraction of sp³-hybridized carbons (Fsp3) is 0.350. The molecule has 0 atom stereocenters. The Hall–Kier alpha value is -2.09. The average molecular weight is 390 g/mol. The molecule has 0 radical (unpaired) electrons. The number of carbonyl (C=O) groups is 1. The molecule has 2 aromatic carbocycles. The minimum atomic E-state index is -3.53. The molecule has 1 fully saturated rings. The summed E-state index contributed by atoms with van der Waals surface area (Å²) >= 11 is 0. The summed E-state index contributed by atoms with van der Waals surface area (Å²) < 4.78 is 40.1. The highest BCUT2D eigenvalue weighted by Gasteiger charge is 2.29. The SMILES string of the molecule is Cc1ccc(S(=O)(=O)N2CCN(CC(=O)c3ccc(F)cc3)CC2)cc1C. The van der Waals surface area contributed by atoms with Crippen LogP contribution in [0.4, 0.5) is 4.39 Å². The minimum absolute atomic E-state index is 0.0968. The van der Waals surface area contributed by atoms with Gasteiger partial charge < -0.3 is 0 Å². The van der Waals surface area contributed by atoms with Crippen molar-refractivity contribution in [2.24, 2.45) is 0 Å². The largest absolute Gasteiger partial charge is 0.293 e. The van der Waals surface area contributed by atoms with Gasteiger partial charge in [0.1, 0.15) is 5.82 Å². The smallest absolute Gasteiger partial charge is 0.243 e. The number of benzene rings is 2. The van der Waals surface area contributed by atoms with E-state index in [-0.39, 0.29) is 18.1 Å². The van der Waals surface area contributed by atoms with Gasteiger partial charge in [-0.15, -0.1) is 0 Å². The second kappa shape index (κ2) is 7.88. The predicted octanol–water partition coefficient (Wildman–Crippen LogP) is 2.63. The van der Waals surface area contributed by atoms with Gasteiger partial charge in [-0.1, -0.05) is 6.07 Å². The number of halogens is 1. The predicted molar refractivity (Wildman–Crippen MR) is 102 cm³/mol. The van der Waals surface area contributed by atoms with Gasteiger partial charge in [0.15, 0.2) is 5.78 Å². The van der Waals surface area contributed by atoms with E-state index in [4.69, 9.17) is 0 Å². The Morgan fingerprint density at radius 3 is 2.19 bits per heavy atom. The summed E-state index contributed by atoms with van der Waals surface area (Å²) in [7, 11) is -3.53. The lowest BCUT2D eigenvalue weighted by molar-refractivity contribution is 0.0901. The summed E-state index contributed by atoms with van der Waals surface area (Å²) in [6.07, 6.45) is 0. The zero-order valence-electron chi connectivity index (χ0n) is 15.5. The highest BCUT2D eigenvalue weighted by atomic mass is 32.2. The molecule has 0 saturated carbocycles. The number of aryl methyl sites for hydroxylation is 2. The zero-order chi connectivity index (χ0) is 19.6. The molecule has 1 aliphatic rings. The Balaban J connectivity index is 1.61. The van der Waals surface area contributed by atoms with E-state index in [2.05, 4.69) is 0 Å². The van der Waals surface area contributed by atoms with Gasteiger partial charge in [0.2, 0.25) is 10.0 Å². The molecule has 3 rings (SSSR count). The van der Waals surface area contributed by atoms with Crippen LogP contribution in [0.2, 0.25) is 0 Å². The zero-order valence-corrected chi connectivity index (χ0v) is 16.3. The van der Waals surface area contributed by atoms with E-state index in [1.165, 1.54) is 28.6 Å². The molecule has 0 aromatic heterocycles. The topological polar surface area (TPSA) is 57.7 Å². The normalized spacial score (nSPS) is 16.4. The third-order valence-electron chi connectivity index (χ3n) is 4.98. The van der Waals surface area contributed by atoms with Crippen molar-refractivity contribution in [3.8, 4) is 0 Å². The lowest BCUT2D eigenvalue weighted by Gasteiger charge is -2.33. The summed E-state index contributed by atoms with van der Waals surface area (Å²) in [5.74, 6) is -0.475. The van der Waals surface area contributed by atoms with E-state index < -0.39 is 10.0 Å². The van der Waals surface area contributed by atoms with Gasteiger partial charge in [0.05, 0.1) is 11.4 Å². The maximum Gasteiger partial charge on any atom is 0.243 e. The first-order valence-corrected chi connectivity index (χ1v) is 10.3. The van der Waals surface area contributed by atoms with Gasteiger partial charge in [-0.3, -0.25) is 9.69 Å². The second-order valence-electron chi connectivity index (χ2n) is 6.86. The van der Waals surface area contributed by atoms with Crippen molar-refractivity contribution >= 4 is 15.8 Å². The van der Waals surface area contributed by atoms with Crippen molar-refractivity contribution in [1.29, 1.82) is 0 Å². The molecule has 0 N–H and O–H groups in total. The van der Waals surface area contributed by atoms with E-state index in [9.17, 15) is 17.6 Å². The third kappa shape index (κ3) is 4.43. The van der Waals surface area contributed by atoms with E-state index in [0.29, 0.717) is 36.6 Å². The van der Waals surface area contributed by atoms with Crippen LogP contribution >= 0.6 is 0 Å². The molecule has 0 amide bonds. The molecule has 1 saturated heterocycles. The van der Waals surface area contributed by atoms with Gasteiger partial charge in [0, 0.05) is 31.7 Å². The molecular formula is C20H23FN2O3S. The number of rotatable bonds is 5. The molecule has 0 unspecified atom stereocenters. The molecule has 27 heavy (non-hydrogen) atoms. The van der Waals surface area contributed by atoms with E-state index in [0.717, 1.165) is 11.1 Å². The van der Waals surface area contributed by atoms with Gasteiger partial charge in [0.25, 0.3) is 0 Å². The van der Waals surface area contributed by atoms with Crippen molar-refractivity contribution < 1.29 is 17.6 Å². The Kier molecular flexibility index (Phi) is 5.74. The molecule has 2 aromatic rings. The van der Waals surface area contributed by atoms with Crippen LogP contribution in [0.5, 0.6) is 0 Å². The first-order valence-electron chi connectivity index (χ1n) is 8.86. The average Bonchev–Trinajstić information content (AvgIpc) is 2.65. The number of Topliss-reactive ketones (excluding diaryl/α,β-unsaturated/α-hetero) is 1. The molecule has 5 nitrogen and oxygen atoms in total. The number of ketones is 1. The summed E-state index contributed by atoms with van der Waals surface area (Å²) in [4.78, 5) is 14.5. The molecule has 0 bridgehead atoms. The molecule has 1 heterocycles. The summed E-state index contributed by atoms with van der Waals surface area (Å²) in [5.41, 5.74) is 2.46. The van der Waals surface area contributed by atoms with Crippen molar-refractivity contribution in [1.82, 2.24) is 9.21 Å². The van der Waals surface area contributed by atoms with Crippen LogP contribution < -0.4 is 0 Å². The minimum Gasteiger partial charge on any atom is -0.293 e. The Labute approximate surface area is 159 Å². The summed E-state index contributed by atoms with van der Waals surface area (Å²) in [5, 5.41) is 0. The van der Waals surface area contributed by atoms with E-state index in [1.807, 2.05) is 24.8 Å². The highest BCUT2D eigenvalue weighted by Crippen LogP contribution is 2.20. The standard InChI is InChI=1S/C20H23FN2O3S/c1-15-3-8-19(13-16(15)2)27(25,26)23-11-9-22(10-12-23)14-20(24)17-4-6-18(21)7-5-17/h3-8,13H,9-12,14H2,1-2H3. The number of carbonyl (C=O) groups excluding carboxylic acids is 1. The van der Waals surface area contributed by atoms with Crippen LogP contribution in [0, 0.1) is 19.7 Å². The lowest BCUT2D eigenvalue weighted by atomic mass is 10.1. The Morgan fingerprint density at radius 2 is 1.59 bits per heavy atom. The quantitative estimate of drug-likeness (QED) is 0.737. The molecule has 7 heteroatoms. The van der Waals surface area contributed by atoms with Crippen LogP contribution in [-0.2, 0) is 10.0 Å². The number of hydrogen-bond donors (Lipinski definition) is 0. The first kappa shape index (κ1) is 19.7. The highest BCUT2D eigenvalue weighted by molar-refractivity contribution is 7.89. The van der Waals surface area contributed by atoms with Crippen LogP contribution in [0.3, 0.4) is 0 Å². The van der Waals surface area contributed by atoms with Gasteiger partial charge in [-0.05, 0) is 61.4 Å². The molecule has 0 spiro atoms. The maximum absolute atomic E-state index is 13.0. The van der Waals surface area contributed by atoms with Crippen LogP contribution in [-0.4, -0.2) is 56.1 Å². The maximum atomic E-state index is 13.0. The molecular weight excluding hydrogens is 367 g/mol. The van der Waals surface area contributed by atoms with Gasteiger partial charge >= 0.3 is 0 Å². The molecule has 0 aliphatic carbocycles. The van der Waals surface area contributed by atoms with Crippen molar-refractivity contribution in [3.63, 3.8) is 0 Å². The monoisotopic (exact) mass is 390 g/mol. The van der Waals surface area contributed by atoms with Crippen LogP contribution in [0.15, 0.2) is 47.4 Å². The van der Waals surface area contributed by atoms with Gasteiger partial charge in [-0.25, -0.2) is 12.8 Å². The summed E-state index contributed by atoms with van der Waals surface area (Å²) in [6, 6.07) is 10.6. The molecule has 144 valence electrons. The second-order valence-corrected chi connectivity index (χ2v) is 8.79. The van der Waals surface area contributed by atoms with E-state index in [1.54, 1.807) is 12.1 Å². The van der Waals surface area contributed by atoms with Crippen molar-refractivity contribution in [2.75, 3.05) is 32.7 Å². The van der Waals surface area contributed by atoms with Crippen molar-refractivity contribution in [3.05, 3.63) is 65.0 Å². The van der Waals surface area contributed by atoms with Crippen LogP contribution in [0.1, 0.15) is 21.5 Å². The van der Waals surface area contributed by atoms with Crippen LogP contribution in [0.25, 0.3) is 0 Å². The van der Waals surface area contributed by atoms with Crippen molar-refractivity contribution in [2.45, 2.75) is 18.7 Å². The summed E-state index contributed by atoms with van der Waals surface area (Å²) in [6.45, 7) is 5.69. The Bertz CT molecular complexity index is 934. The molecule has 1 aliphatic heterocycles. The lowest BCUT2D eigenvalue weighted by Crippen LogP contribution is -2.49. The Morgan fingerprint density at radius 1 is 0.963 bits per heavy atom. The van der Waals surface area contributed by atoms with Gasteiger partial charge in [-0.2, -0.15) is 4.31 Å². The number of sulfonamides is 1. The fourth-order valence-electron chi connectivity index (χ4n) is 3.08.